The normalized spacial score (nSPS) is 31.8. The van der Waals surface area contributed by atoms with Gasteiger partial charge < -0.3 is 15.0 Å². The Labute approximate surface area is 164 Å². The van der Waals surface area contributed by atoms with Gasteiger partial charge in [-0.05, 0) is 46.0 Å². The van der Waals surface area contributed by atoms with E-state index in [1.54, 1.807) is 11.8 Å². The molecule has 0 bridgehead atoms. The Bertz CT molecular complexity index is 636. The van der Waals surface area contributed by atoms with E-state index in [-0.39, 0.29) is 37.6 Å². The van der Waals surface area contributed by atoms with E-state index in [2.05, 4.69) is 10.0 Å². The van der Waals surface area contributed by atoms with Gasteiger partial charge in [0.05, 0.1) is 30.9 Å². The second-order valence-electron chi connectivity index (χ2n) is 7.74. The van der Waals surface area contributed by atoms with Crippen molar-refractivity contribution in [2.45, 2.75) is 76.4 Å². The number of carbonyl (C=O) groups excluding carboxylic acids is 1. The van der Waals surface area contributed by atoms with Gasteiger partial charge in [0.2, 0.25) is 10.0 Å². The average molecular weight is 430 g/mol. The van der Waals surface area contributed by atoms with Crippen LogP contribution < -0.4 is 10.0 Å². The number of nitrogens with zero attached hydrogens (tertiary/aromatic N) is 1. The number of carbonyl (C=O) groups is 1. The molecule has 7 nitrogen and oxygen atoms in total. The number of hydrogen-bond donors (Lipinski definition) is 2. The third-order valence-corrected chi connectivity index (χ3v) is 6.19. The Kier molecular flexibility index (Phi) is 7.60. The minimum absolute atomic E-state index is 0.0281. The topological polar surface area (TPSA) is 87.7 Å². The Morgan fingerprint density at radius 2 is 1.82 bits per heavy atom. The molecule has 0 radical (unpaired) electrons. The molecule has 2 amide bonds. The molecular weight excluding hydrogens is 399 g/mol. The largest absolute Gasteiger partial charge is 0.391 e. The zero-order valence-corrected chi connectivity index (χ0v) is 17.3. The molecule has 0 spiro atoms. The maximum atomic E-state index is 12.8. The summed E-state index contributed by atoms with van der Waals surface area (Å²) in [5.41, 5.74) is 0. The second-order valence-corrected chi connectivity index (χ2v) is 9.52. The van der Waals surface area contributed by atoms with Crippen LogP contribution in [0, 0.1) is 5.92 Å². The SMILES string of the molecule is CCNC(=O)N1[C@H](C)C[C@H](NS(C)(=O)=O)[C@@H]1COC1CCC(C(F)(F)F)CC1. The molecule has 2 rings (SSSR count). The number of urea groups is 1. The highest BCUT2D eigenvalue weighted by Crippen LogP contribution is 2.38. The van der Waals surface area contributed by atoms with Crippen molar-refractivity contribution >= 4 is 16.1 Å². The Morgan fingerprint density at radius 1 is 1.21 bits per heavy atom. The summed E-state index contributed by atoms with van der Waals surface area (Å²) in [5.74, 6) is -1.29. The highest BCUT2D eigenvalue weighted by molar-refractivity contribution is 7.88. The second kappa shape index (κ2) is 9.17. The summed E-state index contributed by atoms with van der Waals surface area (Å²) in [4.78, 5) is 14.0. The van der Waals surface area contributed by atoms with Crippen LogP contribution in [0.4, 0.5) is 18.0 Å². The van der Waals surface area contributed by atoms with Crippen LogP contribution in [0.1, 0.15) is 46.0 Å². The van der Waals surface area contributed by atoms with Crippen molar-refractivity contribution in [1.82, 2.24) is 14.9 Å². The lowest BCUT2D eigenvalue weighted by Gasteiger charge is -2.34. The Morgan fingerprint density at radius 3 is 2.32 bits per heavy atom. The monoisotopic (exact) mass is 429 g/mol. The molecule has 1 saturated carbocycles. The van der Waals surface area contributed by atoms with E-state index in [0.29, 0.717) is 25.8 Å². The predicted octanol–water partition coefficient (Wildman–Crippen LogP) is 2.23. The van der Waals surface area contributed by atoms with Crippen LogP contribution in [-0.2, 0) is 14.8 Å². The molecule has 11 heteroatoms. The Balaban J connectivity index is 2.02. The first kappa shape index (κ1) is 23.2. The molecule has 0 unspecified atom stereocenters. The van der Waals surface area contributed by atoms with Gasteiger partial charge in [0.1, 0.15) is 0 Å². The molecule has 1 aliphatic carbocycles. The molecule has 0 aromatic carbocycles. The van der Waals surface area contributed by atoms with E-state index >= 15 is 0 Å². The smallest absolute Gasteiger partial charge is 0.376 e. The summed E-state index contributed by atoms with van der Waals surface area (Å²) in [7, 11) is -3.48. The number of hydrogen-bond acceptors (Lipinski definition) is 4. The molecule has 1 aliphatic heterocycles. The fourth-order valence-electron chi connectivity index (χ4n) is 4.14. The van der Waals surface area contributed by atoms with Crippen LogP contribution >= 0.6 is 0 Å². The molecule has 2 fully saturated rings. The standard InChI is InChI=1S/C17H30F3N3O4S/c1-4-21-16(24)23-11(2)9-14(22-28(3,25)26)15(23)10-27-13-7-5-12(6-8-13)17(18,19)20/h11-15,22H,4-10H2,1-3H3,(H,21,24)/t11-,12?,13?,14+,15+/m1/s1. The first-order chi connectivity index (χ1) is 12.9. The third-order valence-electron chi connectivity index (χ3n) is 5.46. The molecule has 2 N–H and O–H groups in total. The summed E-state index contributed by atoms with van der Waals surface area (Å²) < 4.78 is 70.2. The van der Waals surface area contributed by atoms with Crippen LogP contribution in [0.5, 0.6) is 0 Å². The summed E-state index contributed by atoms with van der Waals surface area (Å²) in [6.07, 6.45) is -2.33. The fraction of sp³-hybridized carbons (Fsp3) is 0.941. The van der Waals surface area contributed by atoms with Crippen LogP contribution in [0.25, 0.3) is 0 Å². The maximum Gasteiger partial charge on any atom is 0.391 e. The van der Waals surface area contributed by atoms with Crippen molar-refractivity contribution < 1.29 is 31.1 Å². The lowest BCUT2D eigenvalue weighted by atomic mass is 9.87. The van der Waals surface area contributed by atoms with E-state index in [1.165, 1.54) is 0 Å². The summed E-state index contributed by atoms with van der Waals surface area (Å²) in [5, 5.41) is 2.72. The van der Waals surface area contributed by atoms with Crippen LogP contribution in [0.2, 0.25) is 0 Å². The molecule has 1 saturated heterocycles. The summed E-state index contributed by atoms with van der Waals surface area (Å²) >= 11 is 0. The van der Waals surface area contributed by atoms with Crippen molar-refractivity contribution in [3.8, 4) is 0 Å². The van der Waals surface area contributed by atoms with Gasteiger partial charge in [-0.2, -0.15) is 13.2 Å². The van der Waals surface area contributed by atoms with Crippen molar-refractivity contribution in [3.63, 3.8) is 0 Å². The van der Waals surface area contributed by atoms with E-state index in [1.807, 2.05) is 6.92 Å². The average Bonchev–Trinajstić information content (AvgIpc) is 2.86. The predicted molar refractivity (Wildman–Crippen MR) is 98.3 cm³/mol. The number of halogens is 3. The summed E-state index contributed by atoms with van der Waals surface area (Å²) in [6.45, 7) is 4.13. The highest BCUT2D eigenvalue weighted by Gasteiger charge is 2.44. The number of nitrogens with one attached hydrogen (secondary N) is 2. The van der Waals surface area contributed by atoms with Crippen molar-refractivity contribution in [1.29, 1.82) is 0 Å². The van der Waals surface area contributed by atoms with Gasteiger partial charge in [0.15, 0.2) is 0 Å². The van der Waals surface area contributed by atoms with Gasteiger partial charge in [0, 0.05) is 18.6 Å². The van der Waals surface area contributed by atoms with E-state index in [0.717, 1.165) is 6.26 Å². The first-order valence-corrected chi connectivity index (χ1v) is 11.5. The third kappa shape index (κ3) is 6.21. The van der Waals surface area contributed by atoms with E-state index < -0.39 is 34.2 Å². The number of rotatable bonds is 6. The van der Waals surface area contributed by atoms with Gasteiger partial charge in [0.25, 0.3) is 0 Å². The van der Waals surface area contributed by atoms with Gasteiger partial charge in [-0.15, -0.1) is 0 Å². The molecule has 3 atom stereocenters. The summed E-state index contributed by atoms with van der Waals surface area (Å²) in [6, 6.07) is -1.52. The maximum absolute atomic E-state index is 12.8. The van der Waals surface area contributed by atoms with Crippen molar-refractivity contribution in [2.24, 2.45) is 5.92 Å². The zero-order valence-electron chi connectivity index (χ0n) is 16.5. The van der Waals surface area contributed by atoms with E-state index in [9.17, 15) is 26.4 Å². The number of ether oxygens (including phenoxy) is 1. The first-order valence-electron chi connectivity index (χ1n) is 9.64. The minimum atomic E-state index is -4.18. The molecule has 1 heterocycles. The fourth-order valence-corrected chi connectivity index (χ4v) is 4.94. The van der Waals surface area contributed by atoms with Gasteiger partial charge in [-0.3, -0.25) is 0 Å². The lowest BCUT2D eigenvalue weighted by molar-refractivity contribution is -0.188. The number of amides is 2. The lowest BCUT2D eigenvalue weighted by Crippen LogP contribution is -2.53. The molecular formula is C17H30F3N3O4S. The van der Waals surface area contributed by atoms with Crippen LogP contribution in [0.3, 0.4) is 0 Å². The van der Waals surface area contributed by atoms with Crippen LogP contribution in [-0.4, -0.2) is 69.2 Å². The molecule has 164 valence electrons. The van der Waals surface area contributed by atoms with E-state index in [4.69, 9.17) is 4.74 Å². The zero-order chi connectivity index (χ0) is 21.1. The quantitative estimate of drug-likeness (QED) is 0.678. The van der Waals surface area contributed by atoms with Crippen molar-refractivity contribution in [2.75, 3.05) is 19.4 Å². The highest BCUT2D eigenvalue weighted by atomic mass is 32.2. The molecule has 0 aromatic heterocycles. The molecule has 0 aromatic rings. The van der Waals surface area contributed by atoms with Crippen molar-refractivity contribution in [3.05, 3.63) is 0 Å². The van der Waals surface area contributed by atoms with Crippen LogP contribution in [0.15, 0.2) is 0 Å². The Hall–Kier alpha value is -1.07. The molecule has 2 aliphatic rings. The number of likely N-dealkylation sites (tertiary alicyclic amines) is 1. The van der Waals surface area contributed by atoms with Gasteiger partial charge in [-0.1, -0.05) is 0 Å². The number of alkyl halides is 3. The van der Waals surface area contributed by atoms with Gasteiger partial charge >= 0.3 is 12.2 Å². The van der Waals surface area contributed by atoms with Gasteiger partial charge in [-0.25, -0.2) is 17.9 Å². The minimum Gasteiger partial charge on any atom is -0.376 e. The molecule has 28 heavy (non-hydrogen) atoms. The number of sulfonamides is 1.